The van der Waals surface area contributed by atoms with Gasteiger partial charge in [0.1, 0.15) is 0 Å². The van der Waals surface area contributed by atoms with E-state index < -0.39 is 0 Å². The Balaban J connectivity index is 1.36. The lowest BCUT2D eigenvalue weighted by molar-refractivity contribution is 0.477. The first kappa shape index (κ1) is 37.8. The van der Waals surface area contributed by atoms with E-state index in [9.17, 15) is 0 Å². The third-order valence-electron chi connectivity index (χ3n) is 15.0. The Bertz CT molecular complexity index is 2670. The average Bonchev–Trinajstić information content (AvgIpc) is 3.66. The van der Waals surface area contributed by atoms with Crippen molar-refractivity contribution in [1.82, 2.24) is 4.57 Å². The maximum Gasteiger partial charge on any atom is 0.200 e. The molecule has 3 atom stereocenters. The summed E-state index contributed by atoms with van der Waals surface area (Å²) in [5.41, 5.74) is 21.6. The van der Waals surface area contributed by atoms with Gasteiger partial charge in [0.25, 0.3) is 0 Å². The second-order valence-corrected chi connectivity index (χ2v) is 23.1. The Morgan fingerprint density at radius 1 is 0.586 bits per heavy atom. The number of allylic oxidation sites excluding steroid dienone is 3. The fourth-order valence-electron chi connectivity index (χ4n) is 11.4. The molecule has 4 aromatic carbocycles. The smallest absolute Gasteiger partial charge is 0.200 e. The number of fused-ring (bicyclic) bond motifs is 10. The first-order valence-corrected chi connectivity index (χ1v) is 22.1. The molecule has 296 valence electrons. The van der Waals surface area contributed by atoms with Crippen LogP contribution >= 0.6 is 0 Å². The normalized spacial score (nSPS) is 20.9. The van der Waals surface area contributed by atoms with Crippen LogP contribution in [0.4, 0.5) is 11.4 Å². The highest BCUT2D eigenvalue weighted by molar-refractivity contribution is 6.80. The molecule has 0 N–H and O–H groups in total. The Hall–Kier alpha value is -4.50. The van der Waals surface area contributed by atoms with Gasteiger partial charge in [0.05, 0.1) is 11.6 Å². The molecule has 0 spiro atoms. The van der Waals surface area contributed by atoms with Crippen LogP contribution in [0.3, 0.4) is 0 Å². The van der Waals surface area contributed by atoms with Crippen molar-refractivity contribution in [3.05, 3.63) is 141 Å². The van der Waals surface area contributed by atoms with E-state index in [0.29, 0.717) is 18.3 Å². The van der Waals surface area contributed by atoms with Crippen molar-refractivity contribution in [3.8, 4) is 5.69 Å². The minimum absolute atomic E-state index is 0.0288. The predicted molar refractivity (Wildman–Crippen MR) is 251 cm³/mol. The summed E-state index contributed by atoms with van der Waals surface area (Å²) in [4.78, 5) is 2.82. The number of hydrogen-bond donors (Lipinski definition) is 0. The van der Waals surface area contributed by atoms with E-state index in [0.717, 1.165) is 6.42 Å². The summed E-state index contributed by atoms with van der Waals surface area (Å²) in [5, 5.41) is 1.39. The van der Waals surface area contributed by atoms with Gasteiger partial charge in [0, 0.05) is 44.7 Å². The monoisotopic (exact) mass is 763 g/mol. The Labute approximate surface area is 349 Å². The lowest BCUT2D eigenvalue weighted by Gasteiger charge is -2.51. The number of anilines is 2. The molecule has 3 heteroatoms. The van der Waals surface area contributed by atoms with Crippen LogP contribution in [0.25, 0.3) is 28.2 Å². The fourth-order valence-corrected chi connectivity index (χ4v) is 11.4. The van der Waals surface area contributed by atoms with Crippen molar-refractivity contribution in [1.29, 1.82) is 0 Å². The molecule has 0 saturated heterocycles. The predicted octanol–water partition coefficient (Wildman–Crippen LogP) is 14.0. The van der Waals surface area contributed by atoms with Crippen molar-refractivity contribution in [2.75, 3.05) is 4.90 Å². The van der Waals surface area contributed by atoms with Gasteiger partial charge in [0.15, 0.2) is 0 Å². The fraction of sp³-hybridized carbons (Fsp3) is 0.418. The lowest BCUT2D eigenvalue weighted by Crippen LogP contribution is -2.58. The van der Waals surface area contributed by atoms with Crippen molar-refractivity contribution >= 4 is 46.1 Å². The highest BCUT2D eigenvalue weighted by Crippen LogP contribution is 2.61. The average molecular weight is 763 g/mol. The van der Waals surface area contributed by atoms with E-state index in [4.69, 9.17) is 0 Å². The van der Waals surface area contributed by atoms with Crippen LogP contribution in [0.5, 0.6) is 0 Å². The first-order valence-electron chi connectivity index (χ1n) is 22.1. The number of aromatic nitrogens is 1. The molecule has 4 heterocycles. The molecule has 2 nitrogen and oxygen atoms in total. The molecule has 0 bridgehead atoms. The zero-order valence-corrected chi connectivity index (χ0v) is 37.6. The molecule has 0 radical (unpaired) electrons. The molecular formula is C55H63BN2. The van der Waals surface area contributed by atoms with Gasteiger partial charge in [-0.2, -0.15) is 0 Å². The molecule has 58 heavy (non-hydrogen) atoms. The largest absolute Gasteiger partial charge is 0.334 e. The van der Waals surface area contributed by atoms with Crippen molar-refractivity contribution < 1.29 is 0 Å². The maximum atomic E-state index is 2.82. The summed E-state index contributed by atoms with van der Waals surface area (Å²) < 4.78 is 2.77. The third kappa shape index (κ3) is 5.30. The molecule has 0 fully saturated rings. The number of benzene rings is 4. The van der Waals surface area contributed by atoms with Crippen molar-refractivity contribution in [3.63, 3.8) is 0 Å². The van der Waals surface area contributed by atoms with Crippen LogP contribution in [0.15, 0.2) is 102 Å². The maximum absolute atomic E-state index is 2.82. The van der Waals surface area contributed by atoms with E-state index in [1.807, 2.05) is 0 Å². The van der Waals surface area contributed by atoms with Crippen molar-refractivity contribution in [2.24, 2.45) is 10.8 Å². The highest BCUT2D eigenvalue weighted by atomic mass is 15.2. The van der Waals surface area contributed by atoms with Crippen LogP contribution in [-0.2, 0) is 16.2 Å². The van der Waals surface area contributed by atoms with Gasteiger partial charge in [-0.1, -0.05) is 169 Å². The second-order valence-electron chi connectivity index (χ2n) is 23.1. The minimum atomic E-state index is -0.210. The summed E-state index contributed by atoms with van der Waals surface area (Å²) in [5.74, 6) is 0.685. The van der Waals surface area contributed by atoms with Crippen LogP contribution in [0.2, 0.25) is 5.82 Å². The molecule has 5 aromatic rings. The van der Waals surface area contributed by atoms with E-state index >= 15 is 0 Å². The van der Waals surface area contributed by atoms with Gasteiger partial charge < -0.3 is 9.47 Å². The number of hydrogen-bond acceptors (Lipinski definition) is 1. The number of rotatable bonds is 2. The summed E-state index contributed by atoms with van der Waals surface area (Å²) in [6.45, 7) is 33.9. The van der Waals surface area contributed by atoms with Gasteiger partial charge in [0.2, 0.25) is 6.71 Å². The molecule has 0 amide bonds. The molecule has 10 rings (SSSR count). The van der Waals surface area contributed by atoms with E-state index in [1.165, 1.54) is 78.2 Å². The Morgan fingerprint density at radius 2 is 1.24 bits per heavy atom. The number of nitrogens with zero attached hydrogens (tertiary/aromatic N) is 2. The second kappa shape index (κ2) is 11.8. The third-order valence-corrected chi connectivity index (χ3v) is 15.0. The summed E-state index contributed by atoms with van der Waals surface area (Å²) in [7, 11) is 0. The lowest BCUT2D eigenvalue weighted by atomic mass is 9.25. The van der Waals surface area contributed by atoms with Gasteiger partial charge in [-0.3, -0.25) is 0 Å². The van der Waals surface area contributed by atoms with Gasteiger partial charge in [-0.15, -0.1) is 0 Å². The molecular weight excluding hydrogens is 699 g/mol. The van der Waals surface area contributed by atoms with E-state index in [1.54, 1.807) is 11.0 Å². The SMILES string of the molecule is CC(C)(C)C1=CC2B3c4c(cc(C(C)(C)c5ccccc5)cc4-n4c5c(c6ccc(C(C)(C)C)cc64)C=C(C(C)(C)C)CC35)N3c4ccc(C(C)(C)C)cc4C(=C1)C23. The summed E-state index contributed by atoms with van der Waals surface area (Å²) in [6, 6.07) is 31.5. The zero-order valence-electron chi connectivity index (χ0n) is 37.6. The zero-order chi connectivity index (χ0) is 41.2. The molecule has 3 unspecified atom stereocenters. The van der Waals surface area contributed by atoms with Gasteiger partial charge in [-0.05, 0) is 109 Å². The van der Waals surface area contributed by atoms with Crippen LogP contribution in [0, 0.1) is 10.8 Å². The van der Waals surface area contributed by atoms with Crippen molar-refractivity contribution in [2.45, 2.75) is 137 Å². The standard InChI is InChI=1S/C55H63BN2/c1-51(2,3)33-21-23-44-39(24-33)41-26-36(54(10,11)12)28-43-50(41)57(44)46-30-37(55(13,14)32-18-16-15-17-19-32)31-47-48(46)56(43)42-27-35(53(7,8)9)25-40-38-22-20-34(52(4,5)6)29-45(38)58(47)49(40)42/h15-26,28-31,42-43,50H,27H2,1-14H3. The van der Waals surface area contributed by atoms with Gasteiger partial charge in [-0.25, -0.2) is 0 Å². The molecule has 2 aliphatic carbocycles. The molecule has 3 aliphatic heterocycles. The molecule has 5 aliphatic rings. The Kier molecular flexibility index (Phi) is 7.70. The topological polar surface area (TPSA) is 8.17 Å². The minimum Gasteiger partial charge on any atom is -0.334 e. The van der Waals surface area contributed by atoms with Crippen LogP contribution in [0.1, 0.15) is 148 Å². The van der Waals surface area contributed by atoms with Gasteiger partial charge >= 0.3 is 0 Å². The molecule has 1 aromatic heterocycles. The summed E-state index contributed by atoms with van der Waals surface area (Å²) >= 11 is 0. The quantitative estimate of drug-likeness (QED) is 0.163. The summed E-state index contributed by atoms with van der Waals surface area (Å²) in [6.07, 6.45) is 9.06. The van der Waals surface area contributed by atoms with E-state index in [-0.39, 0.29) is 33.1 Å². The first-order chi connectivity index (χ1) is 27.0. The van der Waals surface area contributed by atoms with Crippen LogP contribution in [-0.4, -0.2) is 17.3 Å². The Morgan fingerprint density at radius 3 is 1.90 bits per heavy atom. The highest BCUT2D eigenvalue weighted by Gasteiger charge is 2.57. The molecule has 0 saturated carbocycles. The van der Waals surface area contributed by atoms with E-state index in [2.05, 4.69) is 203 Å². The van der Waals surface area contributed by atoms with Crippen LogP contribution < -0.4 is 10.4 Å².